The minimum Gasteiger partial charge on any atom is -0.371 e. The van der Waals surface area contributed by atoms with Crippen molar-refractivity contribution in [2.24, 2.45) is 5.92 Å². The number of anilines is 1. The van der Waals surface area contributed by atoms with Gasteiger partial charge in [0.1, 0.15) is 0 Å². The SMILES string of the molecule is c1ccc2c(c1)CCCN2CCCC1CCCCC1. The molecule has 3 rings (SSSR count). The van der Waals surface area contributed by atoms with E-state index in [9.17, 15) is 0 Å². The summed E-state index contributed by atoms with van der Waals surface area (Å²) < 4.78 is 0. The highest BCUT2D eigenvalue weighted by atomic mass is 15.1. The number of hydrogen-bond donors (Lipinski definition) is 0. The predicted octanol–water partition coefficient (Wildman–Crippen LogP) is 4.80. The summed E-state index contributed by atoms with van der Waals surface area (Å²) in [5.41, 5.74) is 3.07. The molecule has 1 nitrogen and oxygen atoms in total. The second kappa shape index (κ2) is 6.45. The second-order valence-electron chi connectivity index (χ2n) is 6.37. The van der Waals surface area contributed by atoms with Gasteiger partial charge in [0.25, 0.3) is 0 Å². The summed E-state index contributed by atoms with van der Waals surface area (Å²) in [5, 5.41) is 0. The summed E-state index contributed by atoms with van der Waals surface area (Å²) in [5.74, 6) is 1.04. The van der Waals surface area contributed by atoms with E-state index in [0.717, 1.165) is 5.92 Å². The molecule has 1 fully saturated rings. The van der Waals surface area contributed by atoms with Crippen molar-refractivity contribution in [2.45, 2.75) is 57.8 Å². The molecule has 0 bridgehead atoms. The Hall–Kier alpha value is -0.980. The van der Waals surface area contributed by atoms with Crippen molar-refractivity contribution in [3.8, 4) is 0 Å². The Labute approximate surface area is 118 Å². The molecule has 0 aromatic heterocycles. The molecule has 1 heteroatoms. The van der Waals surface area contributed by atoms with Crippen molar-refractivity contribution in [3.63, 3.8) is 0 Å². The molecular weight excluding hydrogens is 230 g/mol. The van der Waals surface area contributed by atoms with E-state index in [-0.39, 0.29) is 0 Å². The average Bonchev–Trinajstić information content (AvgIpc) is 2.49. The molecule has 1 aliphatic heterocycles. The van der Waals surface area contributed by atoms with Gasteiger partial charge in [-0.2, -0.15) is 0 Å². The molecule has 0 spiro atoms. The third-order valence-electron chi connectivity index (χ3n) is 4.97. The lowest BCUT2D eigenvalue weighted by Gasteiger charge is -2.32. The molecule has 0 saturated heterocycles. The predicted molar refractivity (Wildman–Crippen MR) is 82.8 cm³/mol. The monoisotopic (exact) mass is 257 g/mol. The molecule has 19 heavy (non-hydrogen) atoms. The summed E-state index contributed by atoms with van der Waals surface area (Å²) in [4.78, 5) is 2.63. The molecule has 1 aliphatic carbocycles. The maximum Gasteiger partial charge on any atom is 0.0398 e. The van der Waals surface area contributed by atoms with Gasteiger partial charge in [0, 0.05) is 18.8 Å². The molecule has 1 saturated carbocycles. The van der Waals surface area contributed by atoms with Gasteiger partial charge in [-0.3, -0.25) is 0 Å². The van der Waals surface area contributed by atoms with Crippen LogP contribution in [0.3, 0.4) is 0 Å². The van der Waals surface area contributed by atoms with Gasteiger partial charge < -0.3 is 4.90 Å². The van der Waals surface area contributed by atoms with Crippen LogP contribution in [0.5, 0.6) is 0 Å². The maximum atomic E-state index is 2.63. The lowest BCUT2D eigenvalue weighted by atomic mass is 9.86. The van der Waals surface area contributed by atoms with Gasteiger partial charge in [0.2, 0.25) is 0 Å². The minimum absolute atomic E-state index is 1.04. The average molecular weight is 257 g/mol. The third kappa shape index (κ3) is 3.32. The van der Waals surface area contributed by atoms with E-state index in [0.29, 0.717) is 0 Å². The van der Waals surface area contributed by atoms with Gasteiger partial charge >= 0.3 is 0 Å². The van der Waals surface area contributed by atoms with Crippen molar-refractivity contribution in [1.82, 2.24) is 0 Å². The fraction of sp³-hybridized carbons (Fsp3) is 0.667. The molecule has 1 aromatic rings. The standard InChI is InChI=1S/C18H27N/c1-2-8-16(9-3-1)10-6-14-19-15-7-12-17-11-4-5-13-18(17)19/h4-5,11,13,16H,1-3,6-10,12,14-15H2. The van der Waals surface area contributed by atoms with Crippen LogP contribution in [0.4, 0.5) is 5.69 Å². The van der Waals surface area contributed by atoms with Gasteiger partial charge in [-0.05, 0) is 43.2 Å². The molecule has 0 N–H and O–H groups in total. The maximum absolute atomic E-state index is 2.63. The largest absolute Gasteiger partial charge is 0.371 e. The Morgan fingerprint density at radius 2 is 1.84 bits per heavy atom. The van der Waals surface area contributed by atoms with E-state index in [1.54, 1.807) is 5.56 Å². The van der Waals surface area contributed by atoms with E-state index >= 15 is 0 Å². The van der Waals surface area contributed by atoms with Gasteiger partial charge in [0.15, 0.2) is 0 Å². The fourth-order valence-corrected chi connectivity index (χ4v) is 3.89. The first-order valence-electron chi connectivity index (χ1n) is 8.26. The van der Waals surface area contributed by atoms with Crippen LogP contribution >= 0.6 is 0 Å². The van der Waals surface area contributed by atoms with Crippen LogP contribution in [0, 0.1) is 5.92 Å². The third-order valence-corrected chi connectivity index (χ3v) is 4.97. The van der Waals surface area contributed by atoms with Crippen molar-refractivity contribution in [3.05, 3.63) is 29.8 Å². The molecule has 104 valence electrons. The Morgan fingerprint density at radius 3 is 2.74 bits per heavy atom. The number of benzene rings is 1. The van der Waals surface area contributed by atoms with Crippen LogP contribution < -0.4 is 4.90 Å². The normalized spacial score (nSPS) is 20.3. The highest BCUT2D eigenvalue weighted by Crippen LogP contribution is 2.29. The van der Waals surface area contributed by atoms with Crippen molar-refractivity contribution in [1.29, 1.82) is 0 Å². The first-order chi connectivity index (χ1) is 9.43. The highest BCUT2D eigenvalue weighted by Gasteiger charge is 2.17. The molecular formula is C18H27N. The first kappa shape index (κ1) is 13.0. The topological polar surface area (TPSA) is 3.24 Å². The molecule has 2 aliphatic rings. The van der Waals surface area contributed by atoms with E-state index in [4.69, 9.17) is 0 Å². The van der Waals surface area contributed by atoms with Gasteiger partial charge in [0.05, 0.1) is 0 Å². The summed E-state index contributed by atoms with van der Waals surface area (Å²) >= 11 is 0. The van der Waals surface area contributed by atoms with Crippen LogP contribution in [0.25, 0.3) is 0 Å². The molecule has 0 amide bonds. The molecule has 1 heterocycles. The molecule has 1 aromatic carbocycles. The van der Waals surface area contributed by atoms with E-state index < -0.39 is 0 Å². The van der Waals surface area contributed by atoms with Crippen molar-refractivity contribution < 1.29 is 0 Å². The van der Waals surface area contributed by atoms with E-state index in [1.807, 2.05) is 0 Å². The second-order valence-corrected chi connectivity index (χ2v) is 6.37. The summed E-state index contributed by atoms with van der Waals surface area (Å²) in [7, 11) is 0. The zero-order chi connectivity index (χ0) is 12.9. The Morgan fingerprint density at radius 1 is 1.00 bits per heavy atom. The number of para-hydroxylation sites is 1. The fourth-order valence-electron chi connectivity index (χ4n) is 3.89. The van der Waals surface area contributed by atoms with Crippen LogP contribution in [0.15, 0.2) is 24.3 Å². The number of fused-ring (bicyclic) bond motifs is 1. The van der Waals surface area contributed by atoms with Gasteiger partial charge in [-0.1, -0.05) is 50.3 Å². The van der Waals surface area contributed by atoms with E-state index in [2.05, 4.69) is 29.2 Å². The Bertz CT molecular complexity index is 392. The quantitative estimate of drug-likeness (QED) is 0.749. The number of rotatable bonds is 4. The first-order valence-corrected chi connectivity index (χ1v) is 8.26. The highest BCUT2D eigenvalue weighted by molar-refractivity contribution is 5.55. The Balaban J connectivity index is 1.50. The zero-order valence-electron chi connectivity index (χ0n) is 12.1. The molecule has 0 unspecified atom stereocenters. The zero-order valence-corrected chi connectivity index (χ0v) is 12.1. The van der Waals surface area contributed by atoms with Crippen LogP contribution in [0.2, 0.25) is 0 Å². The van der Waals surface area contributed by atoms with Gasteiger partial charge in [-0.25, -0.2) is 0 Å². The lowest BCUT2D eigenvalue weighted by Crippen LogP contribution is -2.30. The van der Waals surface area contributed by atoms with Crippen molar-refractivity contribution >= 4 is 5.69 Å². The minimum atomic E-state index is 1.04. The van der Waals surface area contributed by atoms with Gasteiger partial charge in [-0.15, -0.1) is 0 Å². The van der Waals surface area contributed by atoms with E-state index in [1.165, 1.54) is 76.6 Å². The number of nitrogens with zero attached hydrogens (tertiary/aromatic N) is 1. The summed E-state index contributed by atoms with van der Waals surface area (Å²) in [6.07, 6.45) is 12.9. The molecule has 0 atom stereocenters. The molecule has 0 radical (unpaired) electrons. The lowest BCUT2D eigenvalue weighted by molar-refractivity contribution is 0.332. The van der Waals surface area contributed by atoms with Crippen molar-refractivity contribution in [2.75, 3.05) is 18.0 Å². The smallest absolute Gasteiger partial charge is 0.0398 e. The summed E-state index contributed by atoms with van der Waals surface area (Å²) in [6, 6.07) is 9.00. The number of hydrogen-bond acceptors (Lipinski definition) is 1. The van der Waals surface area contributed by atoms with Crippen LogP contribution in [-0.4, -0.2) is 13.1 Å². The Kier molecular flexibility index (Phi) is 4.42. The van der Waals surface area contributed by atoms with Crippen LogP contribution in [-0.2, 0) is 6.42 Å². The van der Waals surface area contributed by atoms with Crippen LogP contribution in [0.1, 0.15) is 56.9 Å². The summed E-state index contributed by atoms with van der Waals surface area (Å²) in [6.45, 7) is 2.54. The number of aryl methyl sites for hydroxylation is 1.